The Balaban J connectivity index is 2.39. The molecular formula is C11H19N3. The zero-order chi connectivity index (χ0) is 10.6. The first-order chi connectivity index (χ1) is 6.47. The summed E-state index contributed by atoms with van der Waals surface area (Å²) in [5, 5.41) is 3.30. The van der Waals surface area contributed by atoms with Gasteiger partial charge in [0.1, 0.15) is 0 Å². The van der Waals surface area contributed by atoms with Crippen LogP contribution in [0, 0.1) is 5.41 Å². The average molecular weight is 193 g/mol. The van der Waals surface area contributed by atoms with Crippen LogP contribution < -0.4 is 11.1 Å². The molecule has 78 valence electrons. The molecule has 0 bridgehead atoms. The third-order valence-corrected chi connectivity index (χ3v) is 1.96. The van der Waals surface area contributed by atoms with Gasteiger partial charge in [-0.15, -0.1) is 0 Å². The molecule has 0 atom stereocenters. The molecule has 0 radical (unpaired) electrons. The van der Waals surface area contributed by atoms with Crippen LogP contribution in [0.4, 0.5) is 11.4 Å². The van der Waals surface area contributed by atoms with Crippen molar-refractivity contribution in [1.29, 1.82) is 0 Å². The molecule has 1 heterocycles. The number of aromatic nitrogens is 1. The third-order valence-electron chi connectivity index (χ3n) is 1.96. The van der Waals surface area contributed by atoms with E-state index in [0.717, 1.165) is 18.7 Å². The van der Waals surface area contributed by atoms with Gasteiger partial charge in [-0.05, 0) is 17.9 Å². The lowest BCUT2D eigenvalue weighted by atomic mass is 9.92. The van der Waals surface area contributed by atoms with Gasteiger partial charge in [0.2, 0.25) is 0 Å². The number of nitrogens with two attached hydrogens (primary N) is 1. The number of nitrogen functional groups attached to an aromatic ring is 1. The van der Waals surface area contributed by atoms with Crippen LogP contribution in [0.2, 0.25) is 0 Å². The molecule has 3 N–H and O–H groups in total. The van der Waals surface area contributed by atoms with Crippen molar-refractivity contribution < 1.29 is 0 Å². The van der Waals surface area contributed by atoms with E-state index in [1.807, 2.05) is 6.07 Å². The maximum atomic E-state index is 5.61. The molecule has 0 fully saturated rings. The number of nitrogens with zero attached hydrogens (tertiary/aromatic N) is 1. The van der Waals surface area contributed by atoms with Crippen LogP contribution in [0.15, 0.2) is 18.5 Å². The topological polar surface area (TPSA) is 50.9 Å². The molecule has 0 unspecified atom stereocenters. The van der Waals surface area contributed by atoms with E-state index in [1.54, 1.807) is 12.4 Å². The molecule has 0 amide bonds. The summed E-state index contributed by atoms with van der Waals surface area (Å²) in [6, 6.07) is 1.90. The van der Waals surface area contributed by atoms with Gasteiger partial charge in [-0.25, -0.2) is 0 Å². The summed E-state index contributed by atoms with van der Waals surface area (Å²) in [6.07, 6.45) is 4.57. The Morgan fingerprint density at radius 3 is 2.64 bits per heavy atom. The van der Waals surface area contributed by atoms with Gasteiger partial charge in [0.25, 0.3) is 0 Å². The van der Waals surface area contributed by atoms with E-state index in [4.69, 9.17) is 5.73 Å². The van der Waals surface area contributed by atoms with Crippen LogP contribution in [0.3, 0.4) is 0 Å². The fourth-order valence-corrected chi connectivity index (χ4v) is 1.14. The molecule has 1 rings (SSSR count). The van der Waals surface area contributed by atoms with Crippen molar-refractivity contribution in [1.82, 2.24) is 4.98 Å². The fraction of sp³-hybridized carbons (Fsp3) is 0.545. The molecule has 0 aliphatic carbocycles. The van der Waals surface area contributed by atoms with Crippen molar-refractivity contribution in [3.05, 3.63) is 18.5 Å². The van der Waals surface area contributed by atoms with Crippen molar-refractivity contribution in [3.63, 3.8) is 0 Å². The van der Waals surface area contributed by atoms with E-state index >= 15 is 0 Å². The van der Waals surface area contributed by atoms with E-state index in [1.165, 1.54) is 0 Å². The lowest BCUT2D eigenvalue weighted by molar-refractivity contribution is 0.390. The summed E-state index contributed by atoms with van der Waals surface area (Å²) >= 11 is 0. The Morgan fingerprint density at radius 2 is 2.07 bits per heavy atom. The highest BCUT2D eigenvalue weighted by molar-refractivity contribution is 5.51. The van der Waals surface area contributed by atoms with E-state index < -0.39 is 0 Å². The standard InChI is InChI=1S/C11H19N3/c1-11(2,3)4-5-14-10-6-9(12)7-13-8-10/h6-8,14H,4-5,12H2,1-3H3. The molecule has 0 saturated carbocycles. The SMILES string of the molecule is CC(C)(C)CCNc1cncc(N)c1. The molecule has 0 aromatic carbocycles. The lowest BCUT2D eigenvalue weighted by Crippen LogP contribution is -2.12. The van der Waals surface area contributed by atoms with Gasteiger partial charge in [0, 0.05) is 12.7 Å². The summed E-state index contributed by atoms with van der Waals surface area (Å²) < 4.78 is 0. The maximum absolute atomic E-state index is 5.61. The second kappa shape index (κ2) is 4.31. The number of nitrogens with one attached hydrogen (secondary N) is 1. The predicted molar refractivity (Wildman–Crippen MR) is 61.2 cm³/mol. The molecule has 3 nitrogen and oxygen atoms in total. The van der Waals surface area contributed by atoms with Gasteiger partial charge < -0.3 is 11.1 Å². The first kappa shape index (κ1) is 10.8. The highest BCUT2D eigenvalue weighted by Gasteiger charge is 2.08. The Labute approximate surface area is 85.7 Å². The lowest BCUT2D eigenvalue weighted by Gasteiger charge is -2.18. The molecule has 0 aliphatic rings. The molecule has 3 heteroatoms. The van der Waals surface area contributed by atoms with Crippen LogP contribution in [0.1, 0.15) is 27.2 Å². The third kappa shape index (κ3) is 4.12. The van der Waals surface area contributed by atoms with Crippen LogP contribution in [-0.4, -0.2) is 11.5 Å². The summed E-state index contributed by atoms with van der Waals surface area (Å²) in [5.74, 6) is 0. The predicted octanol–water partition coefficient (Wildman–Crippen LogP) is 2.51. The van der Waals surface area contributed by atoms with Gasteiger partial charge in [-0.3, -0.25) is 4.98 Å². The monoisotopic (exact) mass is 193 g/mol. The normalized spacial score (nSPS) is 11.4. The minimum absolute atomic E-state index is 0.362. The zero-order valence-corrected chi connectivity index (χ0v) is 9.17. The van der Waals surface area contributed by atoms with Gasteiger partial charge >= 0.3 is 0 Å². The largest absolute Gasteiger partial charge is 0.397 e. The molecule has 0 aliphatic heterocycles. The van der Waals surface area contributed by atoms with Crippen molar-refractivity contribution in [2.24, 2.45) is 5.41 Å². The summed E-state index contributed by atoms with van der Waals surface area (Å²) in [6.45, 7) is 7.64. The molecule has 14 heavy (non-hydrogen) atoms. The first-order valence-electron chi connectivity index (χ1n) is 4.92. The van der Waals surface area contributed by atoms with Gasteiger partial charge in [0.15, 0.2) is 0 Å². The highest BCUT2D eigenvalue weighted by atomic mass is 14.9. The van der Waals surface area contributed by atoms with Crippen LogP contribution in [-0.2, 0) is 0 Å². The van der Waals surface area contributed by atoms with Crippen LogP contribution in [0.25, 0.3) is 0 Å². The van der Waals surface area contributed by atoms with Crippen molar-refractivity contribution in [3.8, 4) is 0 Å². The van der Waals surface area contributed by atoms with Crippen LogP contribution >= 0.6 is 0 Å². The Kier molecular flexibility index (Phi) is 3.33. The van der Waals surface area contributed by atoms with E-state index in [2.05, 4.69) is 31.1 Å². The smallest absolute Gasteiger partial charge is 0.0547 e. The molecule has 0 spiro atoms. The first-order valence-corrected chi connectivity index (χ1v) is 4.92. The van der Waals surface area contributed by atoms with Crippen molar-refractivity contribution >= 4 is 11.4 Å². The summed E-state index contributed by atoms with van der Waals surface area (Å²) in [4.78, 5) is 4.01. The quantitative estimate of drug-likeness (QED) is 0.775. The highest BCUT2D eigenvalue weighted by Crippen LogP contribution is 2.18. The van der Waals surface area contributed by atoms with Crippen molar-refractivity contribution in [2.75, 3.05) is 17.6 Å². The van der Waals surface area contributed by atoms with Gasteiger partial charge in [-0.2, -0.15) is 0 Å². The molecular weight excluding hydrogens is 174 g/mol. The average Bonchev–Trinajstić information content (AvgIpc) is 2.01. The zero-order valence-electron chi connectivity index (χ0n) is 9.17. The number of anilines is 2. The van der Waals surface area contributed by atoms with Crippen molar-refractivity contribution in [2.45, 2.75) is 27.2 Å². The van der Waals surface area contributed by atoms with E-state index in [0.29, 0.717) is 11.1 Å². The molecule has 1 aromatic rings. The number of pyridine rings is 1. The minimum atomic E-state index is 0.362. The van der Waals surface area contributed by atoms with E-state index in [9.17, 15) is 0 Å². The summed E-state index contributed by atoms with van der Waals surface area (Å²) in [7, 11) is 0. The summed E-state index contributed by atoms with van der Waals surface area (Å²) in [5.41, 5.74) is 7.67. The fourth-order valence-electron chi connectivity index (χ4n) is 1.14. The van der Waals surface area contributed by atoms with Gasteiger partial charge in [0.05, 0.1) is 17.6 Å². The Bertz CT molecular complexity index is 289. The minimum Gasteiger partial charge on any atom is -0.397 e. The second-order valence-corrected chi connectivity index (χ2v) is 4.74. The number of rotatable bonds is 3. The van der Waals surface area contributed by atoms with Crippen LogP contribution in [0.5, 0.6) is 0 Å². The molecule has 1 aromatic heterocycles. The Morgan fingerprint density at radius 1 is 1.36 bits per heavy atom. The number of hydrogen-bond acceptors (Lipinski definition) is 3. The van der Waals surface area contributed by atoms with Gasteiger partial charge in [-0.1, -0.05) is 20.8 Å². The Hall–Kier alpha value is -1.25. The molecule has 0 saturated heterocycles. The maximum Gasteiger partial charge on any atom is 0.0547 e. The number of hydrogen-bond donors (Lipinski definition) is 2. The second-order valence-electron chi connectivity index (χ2n) is 4.74. The van der Waals surface area contributed by atoms with E-state index in [-0.39, 0.29) is 0 Å².